The molecule has 1 aliphatic rings. The van der Waals surface area contributed by atoms with Gasteiger partial charge in [0.1, 0.15) is 12.7 Å². The summed E-state index contributed by atoms with van der Waals surface area (Å²) in [5, 5.41) is 16.0. The summed E-state index contributed by atoms with van der Waals surface area (Å²) in [4.78, 5) is 27.0. The van der Waals surface area contributed by atoms with Crippen LogP contribution in [0.5, 0.6) is 0 Å². The van der Waals surface area contributed by atoms with Gasteiger partial charge in [0, 0.05) is 13.0 Å². The number of carboxylic acids is 1. The quantitative estimate of drug-likeness (QED) is 0.791. The fourth-order valence-electron chi connectivity index (χ4n) is 2.97. The van der Waals surface area contributed by atoms with Crippen molar-refractivity contribution in [3.05, 3.63) is 12.7 Å². The summed E-state index contributed by atoms with van der Waals surface area (Å²) in [5.74, 6) is -0.918. The first-order valence-corrected chi connectivity index (χ1v) is 7.45. The summed E-state index contributed by atoms with van der Waals surface area (Å²) < 4.78 is 1.68. The maximum Gasteiger partial charge on any atom is 0.305 e. The van der Waals surface area contributed by atoms with Crippen molar-refractivity contribution in [2.45, 2.75) is 63.5 Å². The molecule has 21 heavy (non-hydrogen) atoms. The Morgan fingerprint density at radius 3 is 2.67 bits per heavy atom. The van der Waals surface area contributed by atoms with E-state index in [4.69, 9.17) is 5.11 Å². The van der Waals surface area contributed by atoms with E-state index in [2.05, 4.69) is 15.4 Å². The maximum atomic E-state index is 12.1. The summed E-state index contributed by atoms with van der Waals surface area (Å²) in [5.41, 5.74) is -0.547. The molecule has 0 bridgehead atoms. The number of amides is 1. The molecule has 1 fully saturated rings. The van der Waals surface area contributed by atoms with Crippen molar-refractivity contribution in [3.8, 4) is 0 Å². The molecule has 0 aliphatic heterocycles. The molecule has 1 aliphatic carbocycles. The standard InChI is InChI=1S/C14H22N4O3/c19-12(5-4-8-18-11-15-10-16-18)17-14(9-13(20)21)6-2-1-3-7-14/h10-11H,1-9H2,(H,17,19)(H,20,21). The van der Waals surface area contributed by atoms with E-state index >= 15 is 0 Å². The van der Waals surface area contributed by atoms with Crippen molar-refractivity contribution in [1.82, 2.24) is 20.1 Å². The zero-order valence-electron chi connectivity index (χ0n) is 12.1. The molecule has 2 N–H and O–H groups in total. The van der Waals surface area contributed by atoms with Crippen LogP contribution < -0.4 is 5.32 Å². The van der Waals surface area contributed by atoms with Crippen LogP contribution in [0.15, 0.2) is 12.7 Å². The van der Waals surface area contributed by atoms with Gasteiger partial charge in [-0.05, 0) is 19.3 Å². The van der Waals surface area contributed by atoms with Crippen LogP contribution in [-0.2, 0) is 16.1 Å². The molecule has 0 unspecified atom stereocenters. The minimum atomic E-state index is -0.847. The molecular weight excluding hydrogens is 272 g/mol. The Morgan fingerprint density at radius 2 is 2.05 bits per heavy atom. The molecule has 0 atom stereocenters. The van der Waals surface area contributed by atoms with Crippen LogP contribution in [0.1, 0.15) is 51.4 Å². The third-order valence-electron chi connectivity index (χ3n) is 3.96. The normalized spacial score (nSPS) is 17.3. The van der Waals surface area contributed by atoms with Crippen molar-refractivity contribution in [2.24, 2.45) is 0 Å². The SMILES string of the molecule is O=C(O)CC1(NC(=O)CCCn2cncn2)CCCCC1. The number of hydrogen-bond donors (Lipinski definition) is 2. The highest BCUT2D eigenvalue weighted by atomic mass is 16.4. The highest BCUT2D eigenvalue weighted by molar-refractivity contribution is 5.78. The maximum absolute atomic E-state index is 12.1. The second-order valence-electron chi connectivity index (χ2n) is 5.72. The number of carboxylic acid groups (broad SMARTS) is 1. The minimum absolute atomic E-state index is 0.0157. The summed E-state index contributed by atoms with van der Waals surface area (Å²) in [6.45, 7) is 0.638. The van der Waals surface area contributed by atoms with Gasteiger partial charge < -0.3 is 10.4 Å². The molecule has 1 heterocycles. The van der Waals surface area contributed by atoms with E-state index in [-0.39, 0.29) is 12.3 Å². The van der Waals surface area contributed by atoms with E-state index in [1.807, 2.05) is 0 Å². The third kappa shape index (κ3) is 4.84. The Balaban J connectivity index is 1.81. The number of aromatic nitrogens is 3. The molecule has 0 radical (unpaired) electrons. The van der Waals surface area contributed by atoms with E-state index in [9.17, 15) is 9.59 Å². The molecule has 1 saturated carbocycles. The van der Waals surface area contributed by atoms with Crippen LogP contribution in [0.4, 0.5) is 0 Å². The second kappa shape index (κ2) is 7.19. The van der Waals surface area contributed by atoms with Gasteiger partial charge in [0.2, 0.25) is 5.91 Å². The zero-order chi connectivity index (χ0) is 15.1. The van der Waals surface area contributed by atoms with Gasteiger partial charge in [-0.2, -0.15) is 5.10 Å². The van der Waals surface area contributed by atoms with Gasteiger partial charge in [0.15, 0.2) is 0 Å². The van der Waals surface area contributed by atoms with Crippen LogP contribution in [-0.4, -0.2) is 37.3 Å². The highest BCUT2D eigenvalue weighted by Gasteiger charge is 2.35. The molecule has 0 spiro atoms. The molecule has 7 heteroatoms. The van der Waals surface area contributed by atoms with Crippen molar-refractivity contribution in [3.63, 3.8) is 0 Å². The number of rotatable bonds is 7. The topological polar surface area (TPSA) is 97.1 Å². The largest absolute Gasteiger partial charge is 0.481 e. The number of nitrogens with zero attached hydrogens (tertiary/aromatic N) is 3. The minimum Gasteiger partial charge on any atom is -0.481 e. The third-order valence-corrected chi connectivity index (χ3v) is 3.96. The molecular formula is C14H22N4O3. The lowest BCUT2D eigenvalue weighted by molar-refractivity contribution is -0.139. The molecule has 1 amide bonds. The van der Waals surface area contributed by atoms with E-state index in [0.29, 0.717) is 19.4 Å². The first kappa shape index (κ1) is 15.5. The molecule has 0 saturated heterocycles. The lowest BCUT2D eigenvalue weighted by Crippen LogP contribution is -2.51. The van der Waals surface area contributed by atoms with E-state index in [1.165, 1.54) is 6.33 Å². The van der Waals surface area contributed by atoms with Crippen molar-refractivity contribution < 1.29 is 14.7 Å². The van der Waals surface area contributed by atoms with Gasteiger partial charge in [0.05, 0.1) is 12.0 Å². The number of aryl methyl sites for hydroxylation is 1. The molecule has 1 aromatic rings. The van der Waals surface area contributed by atoms with E-state index in [0.717, 1.165) is 32.1 Å². The molecule has 2 rings (SSSR count). The zero-order valence-corrected chi connectivity index (χ0v) is 12.1. The Labute approximate surface area is 123 Å². The Morgan fingerprint density at radius 1 is 1.29 bits per heavy atom. The molecule has 1 aromatic heterocycles. The summed E-state index contributed by atoms with van der Waals surface area (Å²) in [6, 6.07) is 0. The number of hydrogen-bond acceptors (Lipinski definition) is 4. The van der Waals surface area contributed by atoms with Crippen LogP contribution in [0.3, 0.4) is 0 Å². The van der Waals surface area contributed by atoms with Crippen LogP contribution in [0.25, 0.3) is 0 Å². The van der Waals surface area contributed by atoms with Gasteiger partial charge in [-0.25, -0.2) is 4.98 Å². The average Bonchev–Trinajstić information content (AvgIpc) is 2.91. The lowest BCUT2D eigenvalue weighted by Gasteiger charge is -2.37. The first-order chi connectivity index (χ1) is 10.1. The van der Waals surface area contributed by atoms with Gasteiger partial charge in [-0.15, -0.1) is 0 Å². The fraction of sp³-hybridized carbons (Fsp3) is 0.714. The number of aliphatic carboxylic acids is 1. The first-order valence-electron chi connectivity index (χ1n) is 7.45. The number of carbonyl (C=O) groups is 2. The van der Waals surface area contributed by atoms with Crippen molar-refractivity contribution in [2.75, 3.05) is 0 Å². The van der Waals surface area contributed by atoms with Gasteiger partial charge in [-0.3, -0.25) is 14.3 Å². The smallest absolute Gasteiger partial charge is 0.305 e. The summed E-state index contributed by atoms with van der Waals surface area (Å²) in [6.07, 6.45) is 8.72. The van der Waals surface area contributed by atoms with E-state index < -0.39 is 11.5 Å². The monoisotopic (exact) mass is 294 g/mol. The average molecular weight is 294 g/mol. The second-order valence-corrected chi connectivity index (χ2v) is 5.72. The summed E-state index contributed by atoms with van der Waals surface area (Å²) in [7, 11) is 0. The molecule has 0 aromatic carbocycles. The summed E-state index contributed by atoms with van der Waals surface area (Å²) >= 11 is 0. The van der Waals surface area contributed by atoms with Crippen molar-refractivity contribution in [1.29, 1.82) is 0 Å². The van der Waals surface area contributed by atoms with Crippen molar-refractivity contribution >= 4 is 11.9 Å². The Hall–Kier alpha value is -1.92. The predicted octanol–water partition coefficient (Wildman–Crippen LogP) is 1.35. The lowest BCUT2D eigenvalue weighted by atomic mass is 9.79. The van der Waals surface area contributed by atoms with Crippen LogP contribution in [0, 0.1) is 0 Å². The number of carbonyl (C=O) groups excluding carboxylic acids is 1. The predicted molar refractivity (Wildman–Crippen MR) is 75.5 cm³/mol. The van der Waals surface area contributed by atoms with Gasteiger partial charge in [0.25, 0.3) is 0 Å². The van der Waals surface area contributed by atoms with Gasteiger partial charge >= 0.3 is 5.97 Å². The highest BCUT2D eigenvalue weighted by Crippen LogP contribution is 2.31. The Kier molecular flexibility index (Phi) is 5.30. The van der Waals surface area contributed by atoms with Crippen LogP contribution >= 0.6 is 0 Å². The van der Waals surface area contributed by atoms with Gasteiger partial charge in [-0.1, -0.05) is 19.3 Å². The van der Waals surface area contributed by atoms with E-state index in [1.54, 1.807) is 11.0 Å². The number of nitrogens with one attached hydrogen (secondary N) is 1. The van der Waals surface area contributed by atoms with Crippen LogP contribution in [0.2, 0.25) is 0 Å². The Bertz CT molecular complexity index is 467. The fourth-order valence-corrected chi connectivity index (χ4v) is 2.97. The molecule has 7 nitrogen and oxygen atoms in total. The molecule has 116 valence electrons.